The van der Waals surface area contributed by atoms with Gasteiger partial charge in [0.15, 0.2) is 6.61 Å². The zero-order chi connectivity index (χ0) is 20.3. The number of aromatic nitrogens is 1. The second-order valence-electron chi connectivity index (χ2n) is 5.46. The third kappa shape index (κ3) is 4.53. The smallest absolute Gasteiger partial charge is 0.350 e. The van der Waals surface area contributed by atoms with Crippen molar-refractivity contribution in [1.82, 2.24) is 4.98 Å². The van der Waals surface area contributed by atoms with Crippen molar-refractivity contribution in [1.29, 1.82) is 0 Å². The Morgan fingerprint density at radius 1 is 1.36 bits per heavy atom. The number of hydrogen-bond acceptors (Lipinski definition) is 8. The number of nitrogens with zero attached hydrogens (tertiary/aromatic N) is 2. The summed E-state index contributed by atoms with van der Waals surface area (Å²) in [6, 6.07) is 7.43. The van der Waals surface area contributed by atoms with Crippen molar-refractivity contribution in [3.8, 4) is 9.88 Å². The standard InChI is InChI=1S/C17H12ClN3O5S2/c1-9-15(28-16(19-9)13-3-2-6-27-13)17(23)26-8-14(22)20-12-5-4-10(21(24)25)7-11(12)18/h2-7H,8H2,1H3,(H,20,22). The van der Waals surface area contributed by atoms with Gasteiger partial charge in [0.2, 0.25) is 0 Å². The van der Waals surface area contributed by atoms with Crippen molar-refractivity contribution < 1.29 is 19.2 Å². The fraction of sp³-hybridized carbons (Fsp3) is 0.118. The number of thiophene rings is 1. The number of nitrogens with one attached hydrogen (secondary N) is 1. The first-order chi connectivity index (χ1) is 13.3. The van der Waals surface area contributed by atoms with Crippen LogP contribution in [0.15, 0.2) is 35.7 Å². The largest absolute Gasteiger partial charge is 0.451 e. The van der Waals surface area contributed by atoms with Crippen LogP contribution in [-0.2, 0) is 9.53 Å². The zero-order valence-corrected chi connectivity index (χ0v) is 16.7. The van der Waals surface area contributed by atoms with Crippen LogP contribution in [0.4, 0.5) is 11.4 Å². The van der Waals surface area contributed by atoms with Gasteiger partial charge in [-0.25, -0.2) is 9.78 Å². The third-order valence-electron chi connectivity index (χ3n) is 3.49. The molecule has 0 atom stereocenters. The second-order valence-corrected chi connectivity index (χ2v) is 7.81. The molecule has 1 N–H and O–H groups in total. The predicted molar refractivity (Wildman–Crippen MR) is 107 cm³/mol. The van der Waals surface area contributed by atoms with Crippen LogP contribution in [0.5, 0.6) is 0 Å². The van der Waals surface area contributed by atoms with Gasteiger partial charge in [-0.1, -0.05) is 17.7 Å². The molecule has 144 valence electrons. The summed E-state index contributed by atoms with van der Waals surface area (Å²) >= 11 is 8.62. The number of benzene rings is 1. The molecular formula is C17H12ClN3O5S2. The molecular weight excluding hydrogens is 426 g/mol. The Hall–Kier alpha value is -2.82. The summed E-state index contributed by atoms with van der Waals surface area (Å²) in [6.45, 7) is 1.17. The fourth-order valence-electron chi connectivity index (χ4n) is 2.19. The van der Waals surface area contributed by atoms with Crippen LogP contribution in [0.2, 0.25) is 5.02 Å². The minimum atomic E-state index is -0.650. The first-order valence-corrected chi connectivity index (χ1v) is 9.85. The number of thiazole rings is 1. The molecule has 28 heavy (non-hydrogen) atoms. The van der Waals surface area contributed by atoms with E-state index in [0.29, 0.717) is 15.6 Å². The number of esters is 1. The maximum atomic E-state index is 12.3. The number of rotatable bonds is 6. The average molecular weight is 438 g/mol. The molecule has 0 radical (unpaired) electrons. The molecule has 0 saturated heterocycles. The number of hydrogen-bond donors (Lipinski definition) is 1. The minimum absolute atomic E-state index is 0.00719. The quantitative estimate of drug-likeness (QED) is 0.344. The van der Waals surface area contributed by atoms with E-state index in [1.807, 2.05) is 17.5 Å². The van der Waals surface area contributed by atoms with Crippen LogP contribution in [-0.4, -0.2) is 28.4 Å². The lowest BCUT2D eigenvalue weighted by molar-refractivity contribution is -0.384. The number of carbonyl (C=O) groups excluding carboxylic acids is 2. The first-order valence-electron chi connectivity index (χ1n) is 7.77. The molecule has 1 amide bonds. The molecule has 2 aromatic heterocycles. The lowest BCUT2D eigenvalue weighted by atomic mass is 10.3. The zero-order valence-electron chi connectivity index (χ0n) is 14.3. The van der Waals surface area contributed by atoms with E-state index in [9.17, 15) is 19.7 Å². The van der Waals surface area contributed by atoms with E-state index in [4.69, 9.17) is 16.3 Å². The predicted octanol–water partition coefficient (Wildman–Crippen LogP) is 4.54. The molecule has 3 rings (SSSR count). The van der Waals surface area contributed by atoms with Crippen molar-refractivity contribution >= 4 is 57.5 Å². The molecule has 0 aliphatic carbocycles. The molecule has 0 bridgehead atoms. The maximum absolute atomic E-state index is 12.3. The Balaban J connectivity index is 1.60. The van der Waals surface area contributed by atoms with E-state index in [0.717, 1.165) is 10.9 Å². The lowest BCUT2D eigenvalue weighted by Gasteiger charge is -2.07. The van der Waals surface area contributed by atoms with Gasteiger partial charge in [0.1, 0.15) is 9.88 Å². The number of nitro benzene ring substituents is 1. The molecule has 0 fully saturated rings. The van der Waals surface area contributed by atoms with E-state index in [2.05, 4.69) is 10.3 Å². The molecule has 0 spiro atoms. The van der Waals surface area contributed by atoms with Crippen molar-refractivity contribution in [2.24, 2.45) is 0 Å². The molecule has 2 heterocycles. The van der Waals surface area contributed by atoms with E-state index in [-0.39, 0.29) is 16.4 Å². The van der Waals surface area contributed by atoms with Gasteiger partial charge in [-0.15, -0.1) is 22.7 Å². The van der Waals surface area contributed by atoms with Crippen molar-refractivity contribution in [2.45, 2.75) is 6.92 Å². The van der Waals surface area contributed by atoms with Gasteiger partial charge >= 0.3 is 5.97 Å². The normalized spacial score (nSPS) is 10.5. The monoisotopic (exact) mass is 437 g/mol. The highest BCUT2D eigenvalue weighted by atomic mass is 35.5. The number of ether oxygens (including phenoxy) is 1. The van der Waals surface area contributed by atoms with Crippen LogP contribution in [0.3, 0.4) is 0 Å². The summed E-state index contributed by atoms with van der Waals surface area (Å²) < 4.78 is 5.05. The summed E-state index contributed by atoms with van der Waals surface area (Å²) in [6.07, 6.45) is 0. The van der Waals surface area contributed by atoms with Crippen molar-refractivity contribution in [3.63, 3.8) is 0 Å². The summed E-state index contributed by atoms with van der Waals surface area (Å²) in [5, 5.41) is 15.8. The topological polar surface area (TPSA) is 111 Å². The van der Waals surface area contributed by atoms with Crippen molar-refractivity contribution in [2.75, 3.05) is 11.9 Å². The molecule has 11 heteroatoms. The minimum Gasteiger partial charge on any atom is -0.451 e. The third-order valence-corrected chi connectivity index (χ3v) is 5.98. The van der Waals surface area contributed by atoms with Crippen molar-refractivity contribution in [3.05, 3.63) is 61.4 Å². The van der Waals surface area contributed by atoms with Gasteiger partial charge < -0.3 is 10.1 Å². The van der Waals surface area contributed by atoms with Gasteiger partial charge in [-0.05, 0) is 24.4 Å². The number of aryl methyl sites for hydroxylation is 1. The Morgan fingerprint density at radius 2 is 2.14 bits per heavy atom. The summed E-state index contributed by atoms with van der Waals surface area (Å²) in [5.41, 5.74) is 0.510. The highest BCUT2D eigenvalue weighted by Gasteiger charge is 2.19. The Labute approximate surface area is 171 Å². The van der Waals surface area contributed by atoms with Crippen LogP contribution >= 0.6 is 34.3 Å². The lowest BCUT2D eigenvalue weighted by Crippen LogP contribution is -2.21. The highest BCUT2D eigenvalue weighted by molar-refractivity contribution is 7.22. The number of carbonyl (C=O) groups is 2. The summed E-state index contributed by atoms with van der Waals surface area (Å²) in [4.78, 5) is 40.0. The molecule has 3 aromatic rings. The Bertz CT molecular complexity index is 1050. The molecule has 0 saturated carbocycles. The number of nitro groups is 1. The molecule has 8 nitrogen and oxygen atoms in total. The number of halogens is 1. The Kier molecular flexibility index (Phi) is 6.02. The van der Waals surface area contributed by atoms with Crippen LogP contribution < -0.4 is 5.32 Å². The van der Waals surface area contributed by atoms with Gasteiger partial charge in [-0.2, -0.15) is 0 Å². The molecule has 0 aliphatic rings. The van der Waals surface area contributed by atoms with E-state index in [1.165, 1.54) is 34.8 Å². The SMILES string of the molecule is Cc1nc(-c2cccs2)sc1C(=O)OCC(=O)Nc1ccc([N+](=O)[O-])cc1Cl. The second kappa shape index (κ2) is 8.46. The Morgan fingerprint density at radius 3 is 2.79 bits per heavy atom. The highest BCUT2D eigenvalue weighted by Crippen LogP contribution is 2.31. The first kappa shape index (κ1) is 19.9. The van der Waals surface area contributed by atoms with Gasteiger partial charge in [-0.3, -0.25) is 14.9 Å². The van der Waals surface area contributed by atoms with Gasteiger partial charge in [0, 0.05) is 12.1 Å². The summed E-state index contributed by atoms with van der Waals surface area (Å²) in [5.74, 6) is -1.27. The summed E-state index contributed by atoms with van der Waals surface area (Å²) in [7, 11) is 0. The number of anilines is 1. The molecule has 0 aliphatic heterocycles. The molecule has 0 unspecified atom stereocenters. The van der Waals surface area contributed by atoms with E-state index in [1.54, 1.807) is 6.92 Å². The number of amides is 1. The maximum Gasteiger partial charge on any atom is 0.350 e. The van der Waals surface area contributed by atoms with Crippen LogP contribution in [0.1, 0.15) is 15.4 Å². The van der Waals surface area contributed by atoms with Crippen LogP contribution in [0, 0.1) is 17.0 Å². The average Bonchev–Trinajstić information content (AvgIpc) is 3.30. The van der Waals surface area contributed by atoms with Crippen LogP contribution in [0.25, 0.3) is 9.88 Å². The van der Waals surface area contributed by atoms with Gasteiger partial charge in [0.25, 0.3) is 11.6 Å². The van der Waals surface area contributed by atoms with E-state index < -0.39 is 23.4 Å². The number of non-ortho nitro benzene ring substituents is 1. The van der Waals surface area contributed by atoms with Gasteiger partial charge in [0.05, 0.1) is 26.2 Å². The van der Waals surface area contributed by atoms with E-state index >= 15 is 0 Å². The molecule has 1 aromatic carbocycles. The fourth-order valence-corrected chi connectivity index (χ4v) is 4.17.